The number of nitrogens with zero attached hydrogens (tertiary/aromatic N) is 2. The zero-order valence-corrected chi connectivity index (χ0v) is 14.1. The minimum atomic E-state index is -0.201. The number of hydrogen-bond donors (Lipinski definition) is 1. The molecule has 0 atom stereocenters. The van der Waals surface area contributed by atoms with Gasteiger partial charge in [-0.3, -0.25) is 4.79 Å². The van der Waals surface area contributed by atoms with Crippen LogP contribution in [0.25, 0.3) is 0 Å². The summed E-state index contributed by atoms with van der Waals surface area (Å²) < 4.78 is 0. The number of anilines is 1. The van der Waals surface area contributed by atoms with E-state index in [-0.39, 0.29) is 18.0 Å². The molecule has 0 unspecified atom stereocenters. The van der Waals surface area contributed by atoms with Crippen molar-refractivity contribution in [1.82, 2.24) is 9.80 Å². The third-order valence-electron chi connectivity index (χ3n) is 3.97. The van der Waals surface area contributed by atoms with Crippen molar-refractivity contribution in [3.8, 4) is 0 Å². The Labute approximate surface area is 140 Å². The molecule has 0 aromatic heterocycles. The van der Waals surface area contributed by atoms with E-state index in [1.54, 1.807) is 42.0 Å². The van der Waals surface area contributed by atoms with E-state index < -0.39 is 0 Å². The third kappa shape index (κ3) is 4.05. The molecular weight excluding hydrogens is 325 g/mol. The summed E-state index contributed by atoms with van der Waals surface area (Å²) in [4.78, 5) is 27.1. The SMILES string of the molecule is CC(=O)N(C)C1CCN(C(=O)Nc2cc(Cl)ccc2Cl)CC1. The van der Waals surface area contributed by atoms with Crippen LogP contribution in [0, 0.1) is 0 Å². The van der Waals surface area contributed by atoms with Gasteiger partial charge in [-0.2, -0.15) is 0 Å². The first-order valence-corrected chi connectivity index (χ1v) is 7.88. The number of nitrogens with one attached hydrogen (secondary N) is 1. The lowest BCUT2D eigenvalue weighted by molar-refractivity contribution is -0.130. The van der Waals surface area contributed by atoms with Gasteiger partial charge in [0.05, 0.1) is 10.7 Å². The van der Waals surface area contributed by atoms with Crippen molar-refractivity contribution in [3.63, 3.8) is 0 Å². The van der Waals surface area contributed by atoms with Crippen molar-refractivity contribution >= 4 is 40.8 Å². The molecule has 1 heterocycles. The molecule has 1 aliphatic heterocycles. The summed E-state index contributed by atoms with van der Waals surface area (Å²) >= 11 is 12.0. The average Bonchev–Trinajstić information content (AvgIpc) is 2.50. The van der Waals surface area contributed by atoms with Crippen LogP contribution < -0.4 is 5.32 Å². The molecule has 1 N–H and O–H groups in total. The molecule has 3 amide bonds. The zero-order valence-electron chi connectivity index (χ0n) is 12.6. The summed E-state index contributed by atoms with van der Waals surface area (Å²) in [5.74, 6) is 0.0496. The van der Waals surface area contributed by atoms with Gasteiger partial charge in [-0.1, -0.05) is 23.2 Å². The lowest BCUT2D eigenvalue weighted by Crippen LogP contribution is -2.47. The molecule has 0 spiro atoms. The quantitative estimate of drug-likeness (QED) is 0.893. The van der Waals surface area contributed by atoms with Gasteiger partial charge in [0.2, 0.25) is 5.91 Å². The molecule has 5 nitrogen and oxygen atoms in total. The van der Waals surface area contributed by atoms with E-state index in [1.807, 2.05) is 0 Å². The Hall–Kier alpha value is -1.46. The van der Waals surface area contributed by atoms with Crippen molar-refractivity contribution in [1.29, 1.82) is 0 Å². The molecule has 1 aromatic carbocycles. The molecule has 1 aliphatic rings. The summed E-state index contributed by atoms with van der Waals surface area (Å²) in [7, 11) is 1.80. The molecule has 1 fully saturated rings. The van der Waals surface area contributed by atoms with E-state index in [0.717, 1.165) is 12.8 Å². The van der Waals surface area contributed by atoms with Gasteiger partial charge < -0.3 is 15.1 Å². The predicted octanol–water partition coefficient (Wildman–Crippen LogP) is 3.47. The number of carbonyl (C=O) groups is 2. The normalized spacial score (nSPS) is 15.5. The van der Waals surface area contributed by atoms with Crippen LogP contribution in [0.2, 0.25) is 10.0 Å². The molecule has 22 heavy (non-hydrogen) atoms. The maximum Gasteiger partial charge on any atom is 0.321 e. The molecule has 0 radical (unpaired) electrons. The maximum atomic E-state index is 12.3. The van der Waals surface area contributed by atoms with Gasteiger partial charge in [-0.15, -0.1) is 0 Å². The Morgan fingerprint density at radius 3 is 2.50 bits per heavy atom. The summed E-state index contributed by atoms with van der Waals surface area (Å²) in [6.45, 7) is 2.76. The van der Waals surface area contributed by atoms with Gasteiger partial charge in [0.15, 0.2) is 0 Å². The lowest BCUT2D eigenvalue weighted by atomic mass is 10.0. The summed E-state index contributed by atoms with van der Waals surface area (Å²) in [5, 5.41) is 3.74. The smallest absolute Gasteiger partial charge is 0.321 e. The van der Waals surface area contributed by atoms with Crippen molar-refractivity contribution < 1.29 is 9.59 Å². The number of likely N-dealkylation sites (tertiary alicyclic amines) is 1. The van der Waals surface area contributed by atoms with Crippen LogP contribution in [0.4, 0.5) is 10.5 Å². The van der Waals surface area contributed by atoms with E-state index >= 15 is 0 Å². The predicted molar refractivity (Wildman–Crippen MR) is 88.5 cm³/mol. The summed E-state index contributed by atoms with van der Waals surface area (Å²) in [6, 6.07) is 4.93. The lowest BCUT2D eigenvalue weighted by Gasteiger charge is -2.36. The molecule has 0 bridgehead atoms. The first-order chi connectivity index (χ1) is 10.4. The third-order valence-corrected chi connectivity index (χ3v) is 4.53. The van der Waals surface area contributed by atoms with Crippen LogP contribution in [-0.2, 0) is 4.79 Å². The number of hydrogen-bond acceptors (Lipinski definition) is 2. The fourth-order valence-electron chi connectivity index (χ4n) is 2.50. The highest BCUT2D eigenvalue weighted by molar-refractivity contribution is 6.35. The van der Waals surface area contributed by atoms with Gasteiger partial charge >= 0.3 is 6.03 Å². The topological polar surface area (TPSA) is 52.7 Å². The molecule has 0 aliphatic carbocycles. The Bertz CT molecular complexity index is 572. The van der Waals surface area contributed by atoms with Crippen LogP contribution in [0.3, 0.4) is 0 Å². The van der Waals surface area contributed by atoms with E-state index in [2.05, 4.69) is 5.32 Å². The summed E-state index contributed by atoms with van der Waals surface area (Å²) in [5.41, 5.74) is 0.502. The molecular formula is C15H19Cl2N3O2. The van der Waals surface area contributed by atoms with Gasteiger partial charge in [-0.05, 0) is 31.0 Å². The van der Waals surface area contributed by atoms with E-state index in [1.165, 1.54) is 0 Å². The zero-order chi connectivity index (χ0) is 16.3. The second-order valence-electron chi connectivity index (χ2n) is 5.40. The second-order valence-corrected chi connectivity index (χ2v) is 6.25. The number of halogens is 2. The fourth-order valence-corrected chi connectivity index (χ4v) is 2.84. The number of rotatable bonds is 2. The van der Waals surface area contributed by atoms with E-state index in [0.29, 0.717) is 28.8 Å². The standard InChI is InChI=1S/C15H19Cl2N3O2/c1-10(21)19(2)12-5-7-20(8-6-12)15(22)18-14-9-11(16)3-4-13(14)17/h3-4,9,12H,5-8H2,1-2H3,(H,18,22). The first kappa shape index (κ1) is 16.9. The molecule has 1 saturated heterocycles. The molecule has 2 rings (SSSR count). The van der Waals surface area contributed by atoms with Gasteiger partial charge in [-0.25, -0.2) is 4.79 Å². The number of amides is 3. The van der Waals surface area contributed by atoms with Crippen LogP contribution >= 0.6 is 23.2 Å². The van der Waals surface area contributed by atoms with Gasteiger partial charge in [0.25, 0.3) is 0 Å². The van der Waals surface area contributed by atoms with E-state index in [4.69, 9.17) is 23.2 Å². The monoisotopic (exact) mass is 343 g/mol. The number of urea groups is 1. The molecule has 7 heteroatoms. The number of carbonyl (C=O) groups excluding carboxylic acids is 2. The van der Waals surface area contributed by atoms with Crippen LogP contribution in [0.5, 0.6) is 0 Å². The Morgan fingerprint density at radius 1 is 1.27 bits per heavy atom. The Kier molecular flexibility index (Phi) is 5.53. The highest BCUT2D eigenvalue weighted by atomic mass is 35.5. The Morgan fingerprint density at radius 2 is 1.91 bits per heavy atom. The molecule has 0 saturated carbocycles. The minimum Gasteiger partial charge on any atom is -0.343 e. The van der Waals surface area contributed by atoms with Crippen LogP contribution in [0.1, 0.15) is 19.8 Å². The number of piperidine rings is 1. The fraction of sp³-hybridized carbons (Fsp3) is 0.467. The highest BCUT2D eigenvalue weighted by Gasteiger charge is 2.26. The number of benzene rings is 1. The van der Waals surface area contributed by atoms with Crippen molar-refractivity contribution in [2.45, 2.75) is 25.8 Å². The van der Waals surface area contributed by atoms with Crippen molar-refractivity contribution in [2.24, 2.45) is 0 Å². The second kappa shape index (κ2) is 7.20. The largest absolute Gasteiger partial charge is 0.343 e. The highest BCUT2D eigenvalue weighted by Crippen LogP contribution is 2.26. The average molecular weight is 344 g/mol. The molecule has 1 aromatic rings. The maximum absolute atomic E-state index is 12.3. The summed E-state index contributed by atoms with van der Waals surface area (Å²) in [6.07, 6.45) is 1.54. The molecule has 120 valence electrons. The van der Waals surface area contributed by atoms with Gasteiger partial charge in [0.1, 0.15) is 0 Å². The minimum absolute atomic E-state index is 0.0496. The van der Waals surface area contributed by atoms with Gasteiger partial charge in [0, 0.05) is 38.1 Å². The first-order valence-electron chi connectivity index (χ1n) is 7.13. The van der Waals surface area contributed by atoms with Crippen molar-refractivity contribution in [2.75, 3.05) is 25.5 Å². The van der Waals surface area contributed by atoms with Crippen LogP contribution in [0.15, 0.2) is 18.2 Å². The van der Waals surface area contributed by atoms with Crippen LogP contribution in [-0.4, -0.2) is 47.9 Å². The Balaban J connectivity index is 1.93. The van der Waals surface area contributed by atoms with Crippen molar-refractivity contribution in [3.05, 3.63) is 28.2 Å². The van der Waals surface area contributed by atoms with E-state index in [9.17, 15) is 9.59 Å².